The molecule has 0 bridgehead atoms. The SMILES string of the molecule is CC1(C)c2ccc(Oc3cccc(-c4ccccn4)c3)cc2N(c2ccccn2)c2cc3c(cc21)oc1ccccc13. The van der Waals surface area contributed by atoms with E-state index in [1.54, 1.807) is 6.20 Å². The Kier molecular flexibility index (Phi) is 5.41. The second-order valence-corrected chi connectivity index (χ2v) is 11.1. The molecule has 202 valence electrons. The fourth-order valence-electron chi connectivity index (χ4n) is 6.13. The van der Waals surface area contributed by atoms with Crippen LogP contribution in [-0.2, 0) is 5.41 Å². The number of rotatable bonds is 4. The van der Waals surface area contributed by atoms with Crippen molar-refractivity contribution in [1.82, 2.24) is 9.97 Å². The highest BCUT2D eigenvalue weighted by molar-refractivity contribution is 6.07. The molecule has 3 aromatic heterocycles. The summed E-state index contributed by atoms with van der Waals surface area (Å²) in [4.78, 5) is 11.5. The van der Waals surface area contributed by atoms with Crippen molar-refractivity contribution in [2.45, 2.75) is 19.3 Å². The predicted molar refractivity (Wildman–Crippen MR) is 168 cm³/mol. The Bertz CT molecular complexity index is 2100. The van der Waals surface area contributed by atoms with Gasteiger partial charge in [-0.05, 0) is 71.8 Å². The first-order valence-corrected chi connectivity index (χ1v) is 14.1. The molecule has 0 radical (unpaired) electrons. The van der Waals surface area contributed by atoms with Crippen molar-refractivity contribution in [2.75, 3.05) is 4.90 Å². The Morgan fingerprint density at radius 2 is 1.40 bits per heavy atom. The fraction of sp³-hybridized carbons (Fsp3) is 0.0811. The summed E-state index contributed by atoms with van der Waals surface area (Å²) in [6.07, 6.45) is 3.64. The zero-order valence-corrected chi connectivity index (χ0v) is 23.3. The van der Waals surface area contributed by atoms with Gasteiger partial charge in [0, 0.05) is 40.2 Å². The molecule has 4 heterocycles. The topological polar surface area (TPSA) is 51.4 Å². The van der Waals surface area contributed by atoms with E-state index >= 15 is 0 Å². The summed E-state index contributed by atoms with van der Waals surface area (Å²) in [7, 11) is 0. The van der Waals surface area contributed by atoms with E-state index < -0.39 is 0 Å². The summed E-state index contributed by atoms with van der Waals surface area (Å²) < 4.78 is 12.8. The lowest BCUT2D eigenvalue weighted by Crippen LogP contribution is -2.31. The number of nitrogens with zero attached hydrogens (tertiary/aromatic N) is 3. The minimum atomic E-state index is -0.291. The van der Waals surface area contributed by atoms with Crippen molar-refractivity contribution < 1.29 is 9.15 Å². The lowest BCUT2D eigenvalue weighted by atomic mass is 9.73. The van der Waals surface area contributed by atoms with Gasteiger partial charge in [0.25, 0.3) is 0 Å². The third-order valence-corrected chi connectivity index (χ3v) is 8.20. The molecule has 5 heteroatoms. The van der Waals surface area contributed by atoms with Gasteiger partial charge in [0.2, 0.25) is 0 Å². The van der Waals surface area contributed by atoms with Gasteiger partial charge in [-0.25, -0.2) is 4.98 Å². The molecule has 4 aromatic carbocycles. The van der Waals surface area contributed by atoms with Crippen LogP contribution in [0.3, 0.4) is 0 Å². The van der Waals surface area contributed by atoms with Crippen molar-refractivity contribution in [3.63, 3.8) is 0 Å². The fourth-order valence-corrected chi connectivity index (χ4v) is 6.13. The van der Waals surface area contributed by atoms with Crippen LogP contribution in [0.5, 0.6) is 11.5 Å². The predicted octanol–water partition coefficient (Wildman–Crippen LogP) is 9.94. The summed E-state index contributed by atoms with van der Waals surface area (Å²) in [5, 5.41) is 2.19. The van der Waals surface area contributed by atoms with E-state index in [4.69, 9.17) is 14.1 Å². The molecule has 8 rings (SSSR count). The standard InChI is InChI=1S/C37H27N3O2/c1-37(2)29-17-16-26(41-25-11-9-10-24(20-25)31-13-5-7-18-38-31)21-32(29)40(36-15-6-8-19-39-36)33-22-28-27-12-3-4-14-34(27)42-35(28)23-30(33)37/h3-23H,1-2H3. The number of ether oxygens (including phenoxy) is 1. The van der Waals surface area contributed by atoms with Gasteiger partial charge in [0.1, 0.15) is 28.5 Å². The summed E-state index contributed by atoms with van der Waals surface area (Å²) in [5.41, 5.74) is 7.89. The number of aromatic nitrogens is 2. The van der Waals surface area contributed by atoms with Crippen molar-refractivity contribution in [2.24, 2.45) is 0 Å². The Morgan fingerprint density at radius 3 is 2.24 bits per heavy atom. The molecule has 0 fully saturated rings. The summed E-state index contributed by atoms with van der Waals surface area (Å²) in [5.74, 6) is 2.35. The van der Waals surface area contributed by atoms with Crippen molar-refractivity contribution in [3.8, 4) is 22.8 Å². The van der Waals surface area contributed by atoms with E-state index in [0.717, 1.165) is 61.9 Å². The summed E-state index contributed by atoms with van der Waals surface area (Å²) in [6, 6.07) is 39.0. The van der Waals surface area contributed by atoms with Gasteiger partial charge in [-0.15, -0.1) is 0 Å². The normalized spacial score (nSPS) is 13.6. The molecule has 1 aliphatic heterocycles. The molecule has 0 atom stereocenters. The smallest absolute Gasteiger partial charge is 0.137 e. The van der Waals surface area contributed by atoms with Crippen LogP contribution in [0.1, 0.15) is 25.0 Å². The number of benzene rings is 4. The van der Waals surface area contributed by atoms with Crippen LogP contribution < -0.4 is 9.64 Å². The van der Waals surface area contributed by atoms with Crippen LogP contribution in [0.4, 0.5) is 17.2 Å². The number of para-hydroxylation sites is 1. The molecule has 0 spiro atoms. The Balaban J connectivity index is 1.29. The maximum atomic E-state index is 6.47. The Labute approximate surface area is 243 Å². The Morgan fingerprint density at radius 1 is 0.619 bits per heavy atom. The lowest BCUT2D eigenvalue weighted by molar-refractivity contribution is 0.482. The molecule has 0 aliphatic carbocycles. The number of hydrogen-bond acceptors (Lipinski definition) is 5. The van der Waals surface area contributed by atoms with Gasteiger partial charge in [0.15, 0.2) is 0 Å². The van der Waals surface area contributed by atoms with Crippen LogP contribution in [0, 0.1) is 0 Å². The number of pyridine rings is 2. The minimum Gasteiger partial charge on any atom is -0.457 e. The van der Waals surface area contributed by atoms with Crippen LogP contribution in [0.25, 0.3) is 33.2 Å². The third kappa shape index (κ3) is 3.85. The number of hydrogen-bond donors (Lipinski definition) is 0. The minimum absolute atomic E-state index is 0.291. The average molecular weight is 546 g/mol. The summed E-state index contributed by atoms with van der Waals surface area (Å²) >= 11 is 0. The Hall–Kier alpha value is -5.42. The van der Waals surface area contributed by atoms with Crippen molar-refractivity contribution in [3.05, 3.63) is 139 Å². The first-order chi connectivity index (χ1) is 20.6. The quantitative estimate of drug-likeness (QED) is 0.220. The highest BCUT2D eigenvalue weighted by Crippen LogP contribution is 2.54. The largest absolute Gasteiger partial charge is 0.457 e. The van der Waals surface area contributed by atoms with E-state index in [1.807, 2.05) is 79.0 Å². The van der Waals surface area contributed by atoms with Crippen molar-refractivity contribution in [1.29, 1.82) is 0 Å². The van der Waals surface area contributed by atoms with E-state index in [0.29, 0.717) is 0 Å². The van der Waals surface area contributed by atoms with Gasteiger partial charge < -0.3 is 9.15 Å². The monoisotopic (exact) mass is 545 g/mol. The van der Waals surface area contributed by atoms with Gasteiger partial charge in [-0.3, -0.25) is 9.88 Å². The van der Waals surface area contributed by atoms with E-state index in [9.17, 15) is 0 Å². The van der Waals surface area contributed by atoms with Gasteiger partial charge in [-0.1, -0.05) is 62.4 Å². The first-order valence-electron chi connectivity index (χ1n) is 14.1. The van der Waals surface area contributed by atoms with Crippen LogP contribution in [-0.4, -0.2) is 9.97 Å². The molecule has 5 nitrogen and oxygen atoms in total. The molecule has 0 saturated heterocycles. The first kappa shape index (κ1) is 24.4. The molecular weight excluding hydrogens is 518 g/mol. The van der Waals surface area contributed by atoms with Crippen LogP contribution in [0.2, 0.25) is 0 Å². The molecule has 0 saturated carbocycles. The second-order valence-electron chi connectivity index (χ2n) is 11.1. The van der Waals surface area contributed by atoms with Crippen LogP contribution >= 0.6 is 0 Å². The highest BCUT2D eigenvalue weighted by Gasteiger charge is 2.38. The summed E-state index contributed by atoms with van der Waals surface area (Å²) in [6.45, 7) is 4.54. The van der Waals surface area contributed by atoms with Crippen LogP contribution in [0.15, 0.2) is 132 Å². The highest BCUT2D eigenvalue weighted by atomic mass is 16.5. The maximum Gasteiger partial charge on any atom is 0.137 e. The average Bonchev–Trinajstić information content (AvgIpc) is 3.39. The van der Waals surface area contributed by atoms with E-state index in [2.05, 4.69) is 66.2 Å². The maximum absolute atomic E-state index is 6.47. The number of furan rings is 1. The van der Waals surface area contributed by atoms with Crippen molar-refractivity contribution >= 4 is 39.1 Å². The number of fused-ring (bicyclic) bond motifs is 5. The molecule has 1 aliphatic rings. The van der Waals surface area contributed by atoms with Gasteiger partial charge in [0.05, 0.1) is 17.1 Å². The molecule has 0 N–H and O–H groups in total. The lowest BCUT2D eigenvalue weighted by Gasteiger charge is -2.41. The molecular formula is C37H27N3O2. The van der Waals surface area contributed by atoms with E-state index in [-0.39, 0.29) is 5.41 Å². The van der Waals surface area contributed by atoms with Gasteiger partial charge in [-0.2, -0.15) is 0 Å². The molecule has 0 unspecified atom stereocenters. The zero-order valence-electron chi connectivity index (χ0n) is 23.3. The molecule has 7 aromatic rings. The number of anilines is 3. The van der Waals surface area contributed by atoms with E-state index in [1.165, 1.54) is 11.1 Å². The molecule has 42 heavy (non-hydrogen) atoms. The zero-order chi connectivity index (χ0) is 28.3. The third-order valence-electron chi connectivity index (χ3n) is 8.20. The second kappa shape index (κ2) is 9.32. The molecule has 0 amide bonds. The van der Waals surface area contributed by atoms with Gasteiger partial charge >= 0.3 is 0 Å².